The van der Waals surface area contributed by atoms with Gasteiger partial charge in [-0.15, -0.1) is 0 Å². The Morgan fingerprint density at radius 2 is 1.44 bits per heavy atom. The van der Waals surface area contributed by atoms with Gasteiger partial charge in [0.2, 0.25) is 21.8 Å². The molecule has 10 heteroatoms. The molecule has 2 amide bonds. The van der Waals surface area contributed by atoms with Crippen molar-refractivity contribution in [1.29, 1.82) is 0 Å². The molecular formula is C31H31ClN4O4S. The normalized spacial score (nSPS) is 12.1. The van der Waals surface area contributed by atoms with Crippen molar-refractivity contribution < 1.29 is 18.0 Å². The largest absolute Gasteiger partial charge is 0.348 e. The first-order valence-electron chi connectivity index (χ1n) is 13.0. The summed E-state index contributed by atoms with van der Waals surface area (Å²) >= 11 is 6.09. The van der Waals surface area contributed by atoms with Crippen molar-refractivity contribution in [1.82, 2.24) is 19.5 Å². The molecule has 0 bridgehead atoms. The maximum Gasteiger partial charge on any atom is 0.247 e. The van der Waals surface area contributed by atoms with Gasteiger partial charge in [0, 0.05) is 24.3 Å². The number of halogens is 1. The third-order valence-corrected chi connectivity index (χ3v) is 7.86. The van der Waals surface area contributed by atoms with Crippen LogP contribution in [-0.4, -0.2) is 47.2 Å². The van der Waals surface area contributed by atoms with Crippen LogP contribution in [0.3, 0.4) is 0 Å². The van der Waals surface area contributed by atoms with Crippen LogP contribution < -0.4 is 5.32 Å². The summed E-state index contributed by atoms with van der Waals surface area (Å²) in [5, 5.41) is 3.44. The summed E-state index contributed by atoms with van der Waals surface area (Å²) in [6, 6.07) is 29.3. The van der Waals surface area contributed by atoms with E-state index in [1.54, 1.807) is 79.0 Å². The van der Waals surface area contributed by atoms with Crippen LogP contribution in [0.1, 0.15) is 28.4 Å². The van der Waals surface area contributed by atoms with Crippen LogP contribution >= 0.6 is 11.6 Å². The van der Waals surface area contributed by atoms with E-state index in [2.05, 4.69) is 10.3 Å². The number of nitrogens with zero attached hydrogens (tertiary/aromatic N) is 3. The summed E-state index contributed by atoms with van der Waals surface area (Å²) in [6.45, 7) is -0.217. The fourth-order valence-corrected chi connectivity index (χ4v) is 5.17. The molecule has 0 aliphatic carbocycles. The molecular weight excluding hydrogens is 560 g/mol. The summed E-state index contributed by atoms with van der Waals surface area (Å²) in [5.74, 6) is -0.943. The highest BCUT2D eigenvalue weighted by atomic mass is 35.5. The molecule has 3 aromatic carbocycles. The van der Waals surface area contributed by atoms with Crippen LogP contribution in [0, 0.1) is 0 Å². The van der Waals surface area contributed by atoms with E-state index in [9.17, 15) is 18.0 Å². The van der Waals surface area contributed by atoms with E-state index in [-0.39, 0.29) is 19.6 Å². The quantitative estimate of drug-likeness (QED) is 0.260. The minimum absolute atomic E-state index is 0.0159. The SMILES string of the molecule is CS(=O)(=O)N(CC(=O)N(Cc1ccc(Cl)cc1)C(C(=O)NCc1ccccn1)c1ccccc1)Cc1ccccc1. The van der Waals surface area contributed by atoms with E-state index in [0.717, 1.165) is 21.7 Å². The van der Waals surface area contributed by atoms with Crippen LogP contribution in [-0.2, 0) is 39.2 Å². The molecule has 0 saturated carbocycles. The molecule has 1 atom stereocenters. The van der Waals surface area contributed by atoms with Crippen LogP contribution in [0.5, 0.6) is 0 Å². The van der Waals surface area contributed by atoms with Crippen molar-refractivity contribution in [3.63, 3.8) is 0 Å². The van der Waals surface area contributed by atoms with Crippen molar-refractivity contribution in [2.45, 2.75) is 25.7 Å². The maximum absolute atomic E-state index is 14.1. The zero-order chi connectivity index (χ0) is 29.2. The van der Waals surface area contributed by atoms with Crippen molar-refractivity contribution >= 4 is 33.4 Å². The number of rotatable bonds is 12. The number of amides is 2. The first-order valence-corrected chi connectivity index (χ1v) is 15.2. The molecule has 1 heterocycles. The zero-order valence-corrected chi connectivity index (χ0v) is 24.1. The molecule has 0 aliphatic heterocycles. The van der Waals surface area contributed by atoms with E-state index in [1.807, 2.05) is 30.3 Å². The smallest absolute Gasteiger partial charge is 0.247 e. The number of sulfonamides is 1. The Morgan fingerprint density at radius 1 is 0.829 bits per heavy atom. The molecule has 1 aromatic heterocycles. The van der Waals surface area contributed by atoms with Crippen LogP contribution in [0.2, 0.25) is 5.02 Å². The lowest BCUT2D eigenvalue weighted by Crippen LogP contribution is -2.47. The van der Waals surface area contributed by atoms with Crippen LogP contribution in [0.4, 0.5) is 0 Å². The van der Waals surface area contributed by atoms with Gasteiger partial charge in [-0.2, -0.15) is 4.31 Å². The monoisotopic (exact) mass is 590 g/mol. The predicted octanol–water partition coefficient (Wildman–Crippen LogP) is 4.58. The highest BCUT2D eigenvalue weighted by molar-refractivity contribution is 7.88. The van der Waals surface area contributed by atoms with Gasteiger partial charge in [-0.05, 0) is 41.0 Å². The highest BCUT2D eigenvalue weighted by Crippen LogP contribution is 2.25. The van der Waals surface area contributed by atoms with E-state index in [4.69, 9.17) is 11.6 Å². The van der Waals surface area contributed by atoms with Crippen LogP contribution in [0.25, 0.3) is 0 Å². The van der Waals surface area contributed by atoms with Gasteiger partial charge in [0.1, 0.15) is 6.04 Å². The summed E-state index contributed by atoms with van der Waals surface area (Å²) in [7, 11) is -3.77. The average Bonchev–Trinajstić information content (AvgIpc) is 2.97. The Labute approximate surface area is 245 Å². The fraction of sp³-hybridized carbons (Fsp3) is 0.194. The van der Waals surface area contributed by atoms with Gasteiger partial charge >= 0.3 is 0 Å². The Morgan fingerprint density at radius 3 is 2.05 bits per heavy atom. The second kappa shape index (κ2) is 14.0. The molecule has 0 saturated heterocycles. The number of benzene rings is 3. The van der Waals surface area contributed by atoms with Crippen LogP contribution in [0.15, 0.2) is 109 Å². The molecule has 0 spiro atoms. The second-order valence-electron chi connectivity index (χ2n) is 9.52. The van der Waals surface area contributed by atoms with Gasteiger partial charge in [0.15, 0.2) is 0 Å². The highest BCUT2D eigenvalue weighted by Gasteiger charge is 2.33. The summed E-state index contributed by atoms with van der Waals surface area (Å²) < 4.78 is 26.7. The van der Waals surface area contributed by atoms with E-state index in [0.29, 0.717) is 16.3 Å². The fourth-order valence-electron chi connectivity index (χ4n) is 4.31. The standard InChI is InChI=1S/C31H31ClN4O4S/c1-41(39,40)35(21-24-10-4-2-5-11-24)23-29(37)36(22-25-15-17-27(32)18-16-25)30(26-12-6-3-7-13-26)31(38)34-20-28-14-8-9-19-33-28/h2-19,30H,20-23H2,1H3,(H,34,38). The molecule has 0 fully saturated rings. The summed E-state index contributed by atoms with van der Waals surface area (Å²) in [4.78, 5) is 33.5. The minimum Gasteiger partial charge on any atom is -0.348 e. The van der Waals surface area contributed by atoms with Crippen molar-refractivity contribution in [2.75, 3.05) is 12.8 Å². The van der Waals surface area contributed by atoms with Gasteiger partial charge in [-0.1, -0.05) is 90.5 Å². The van der Waals surface area contributed by atoms with Gasteiger partial charge < -0.3 is 10.2 Å². The number of nitrogens with one attached hydrogen (secondary N) is 1. The first-order chi connectivity index (χ1) is 19.7. The molecule has 4 rings (SSSR count). The molecule has 4 aromatic rings. The van der Waals surface area contributed by atoms with Crippen molar-refractivity contribution in [2.24, 2.45) is 0 Å². The van der Waals surface area contributed by atoms with Gasteiger partial charge in [0.05, 0.1) is 25.0 Å². The number of carbonyl (C=O) groups excluding carboxylic acids is 2. The Balaban J connectivity index is 1.69. The summed E-state index contributed by atoms with van der Waals surface area (Å²) in [6.07, 6.45) is 2.71. The van der Waals surface area contributed by atoms with Crippen molar-refractivity contribution in [3.8, 4) is 0 Å². The molecule has 41 heavy (non-hydrogen) atoms. The lowest BCUT2D eigenvalue weighted by molar-refractivity contribution is -0.141. The van der Waals surface area contributed by atoms with E-state index in [1.165, 1.54) is 4.90 Å². The summed E-state index contributed by atoms with van der Waals surface area (Å²) in [5.41, 5.74) is 2.72. The molecule has 1 unspecified atom stereocenters. The van der Waals surface area contributed by atoms with Gasteiger partial charge in [0.25, 0.3) is 0 Å². The third kappa shape index (κ3) is 8.72. The number of hydrogen-bond acceptors (Lipinski definition) is 5. The van der Waals surface area contributed by atoms with Gasteiger partial charge in [-0.25, -0.2) is 8.42 Å². The maximum atomic E-state index is 14.1. The van der Waals surface area contributed by atoms with E-state index >= 15 is 0 Å². The number of hydrogen-bond donors (Lipinski definition) is 1. The first kappa shape index (κ1) is 29.9. The molecule has 0 aliphatic rings. The zero-order valence-electron chi connectivity index (χ0n) is 22.6. The topological polar surface area (TPSA) is 99.7 Å². The second-order valence-corrected chi connectivity index (χ2v) is 11.9. The Kier molecular flexibility index (Phi) is 10.2. The van der Waals surface area contributed by atoms with Crippen molar-refractivity contribution in [3.05, 3.63) is 137 Å². The lowest BCUT2D eigenvalue weighted by Gasteiger charge is -2.33. The molecule has 212 valence electrons. The number of carbonyl (C=O) groups is 2. The lowest BCUT2D eigenvalue weighted by atomic mass is 10.0. The molecule has 0 radical (unpaired) electrons. The van der Waals surface area contributed by atoms with Gasteiger partial charge in [-0.3, -0.25) is 14.6 Å². The number of aromatic nitrogens is 1. The average molecular weight is 591 g/mol. The Hall–Kier alpha value is -4.05. The molecule has 8 nitrogen and oxygen atoms in total. The minimum atomic E-state index is -3.77. The van der Waals surface area contributed by atoms with E-state index < -0.39 is 34.4 Å². The predicted molar refractivity (Wildman–Crippen MR) is 159 cm³/mol. The third-order valence-electron chi connectivity index (χ3n) is 6.41. The molecule has 1 N–H and O–H groups in total. The Bertz CT molecular complexity index is 1540. The number of pyridine rings is 1.